The number of aryl methyl sites for hydroxylation is 1. The maximum absolute atomic E-state index is 13.8. The fourth-order valence-corrected chi connectivity index (χ4v) is 2.74. The van der Waals surface area contributed by atoms with Crippen molar-refractivity contribution in [3.05, 3.63) is 68.2 Å². The zero-order chi connectivity index (χ0) is 14.2. The van der Waals surface area contributed by atoms with Crippen LogP contribution in [-0.2, 0) is 0 Å². The molecule has 0 heterocycles. The van der Waals surface area contributed by atoms with Crippen LogP contribution >= 0.6 is 27.5 Å². The first-order valence-electron chi connectivity index (χ1n) is 5.55. The minimum absolute atomic E-state index is 0.244. The maximum atomic E-state index is 13.8. The van der Waals surface area contributed by atoms with E-state index in [1.54, 1.807) is 25.1 Å². The van der Waals surface area contributed by atoms with Crippen molar-refractivity contribution in [3.8, 4) is 0 Å². The Morgan fingerprint density at radius 2 is 1.79 bits per heavy atom. The standard InChI is InChI=1S/C14H11BrClF2N/c1-7-2-11(13(18)6-12(7)17)14(19)8-3-9(15)5-10(16)4-8/h2-6,14H,19H2,1H3. The van der Waals surface area contributed by atoms with Crippen molar-refractivity contribution < 1.29 is 8.78 Å². The smallest absolute Gasteiger partial charge is 0.131 e. The highest BCUT2D eigenvalue weighted by atomic mass is 79.9. The lowest BCUT2D eigenvalue weighted by Crippen LogP contribution is -2.14. The van der Waals surface area contributed by atoms with Crippen molar-refractivity contribution in [2.45, 2.75) is 13.0 Å². The summed E-state index contributed by atoms with van der Waals surface area (Å²) in [4.78, 5) is 0. The molecule has 1 atom stereocenters. The average Bonchev–Trinajstić information content (AvgIpc) is 2.31. The van der Waals surface area contributed by atoms with Crippen LogP contribution in [0.1, 0.15) is 22.7 Å². The van der Waals surface area contributed by atoms with E-state index in [-0.39, 0.29) is 5.56 Å². The summed E-state index contributed by atoms with van der Waals surface area (Å²) in [5.74, 6) is -1.24. The van der Waals surface area contributed by atoms with Gasteiger partial charge >= 0.3 is 0 Å². The molecular formula is C14H11BrClF2N. The molecule has 0 fully saturated rings. The zero-order valence-electron chi connectivity index (χ0n) is 10.1. The molecule has 0 saturated carbocycles. The van der Waals surface area contributed by atoms with Crippen molar-refractivity contribution in [1.82, 2.24) is 0 Å². The predicted molar refractivity (Wildman–Crippen MR) is 76.3 cm³/mol. The van der Waals surface area contributed by atoms with Crippen LogP contribution < -0.4 is 5.73 Å². The van der Waals surface area contributed by atoms with Crippen LogP contribution in [0.4, 0.5) is 8.78 Å². The Bertz CT molecular complexity index is 611. The van der Waals surface area contributed by atoms with Crippen molar-refractivity contribution in [1.29, 1.82) is 0 Å². The van der Waals surface area contributed by atoms with E-state index in [4.69, 9.17) is 17.3 Å². The van der Waals surface area contributed by atoms with Gasteiger partial charge in [-0.25, -0.2) is 8.78 Å². The van der Waals surface area contributed by atoms with E-state index >= 15 is 0 Å². The van der Waals surface area contributed by atoms with Crippen molar-refractivity contribution in [2.24, 2.45) is 5.73 Å². The molecule has 0 radical (unpaired) electrons. The highest BCUT2D eigenvalue weighted by Gasteiger charge is 2.16. The first-order valence-corrected chi connectivity index (χ1v) is 6.72. The highest BCUT2D eigenvalue weighted by Crippen LogP contribution is 2.28. The lowest BCUT2D eigenvalue weighted by atomic mass is 9.97. The second-order valence-electron chi connectivity index (χ2n) is 4.30. The molecule has 2 aromatic carbocycles. The molecule has 0 aliphatic heterocycles. The monoisotopic (exact) mass is 345 g/mol. The summed E-state index contributed by atoms with van der Waals surface area (Å²) < 4.78 is 27.8. The molecule has 2 aromatic rings. The van der Waals surface area contributed by atoms with E-state index in [0.29, 0.717) is 16.1 Å². The third-order valence-electron chi connectivity index (χ3n) is 2.86. The van der Waals surface area contributed by atoms with Gasteiger partial charge in [-0.05, 0) is 42.3 Å². The fourth-order valence-electron chi connectivity index (χ4n) is 1.85. The van der Waals surface area contributed by atoms with Crippen molar-refractivity contribution in [2.75, 3.05) is 0 Å². The SMILES string of the molecule is Cc1cc(C(N)c2cc(Cl)cc(Br)c2)c(F)cc1F. The molecule has 0 amide bonds. The summed E-state index contributed by atoms with van der Waals surface area (Å²) in [6.45, 7) is 1.57. The lowest BCUT2D eigenvalue weighted by molar-refractivity contribution is 0.561. The molecule has 0 spiro atoms. The Hall–Kier alpha value is -0.970. The van der Waals surface area contributed by atoms with Crippen molar-refractivity contribution >= 4 is 27.5 Å². The number of halogens is 4. The summed E-state index contributed by atoms with van der Waals surface area (Å²) in [5.41, 5.74) is 7.29. The number of hydrogen-bond acceptors (Lipinski definition) is 1. The van der Waals surface area contributed by atoms with Crippen LogP contribution in [0, 0.1) is 18.6 Å². The first-order chi connectivity index (χ1) is 8.88. The number of rotatable bonds is 2. The van der Waals surface area contributed by atoms with Gasteiger partial charge in [-0.15, -0.1) is 0 Å². The molecular weight excluding hydrogens is 336 g/mol. The minimum Gasteiger partial charge on any atom is -0.320 e. The topological polar surface area (TPSA) is 26.0 Å². The van der Waals surface area contributed by atoms with Crippen molar-refractivity contribution in [3.63, 3.8) is 0 Å². The molecule has 1 nitrogen and oxygen atoms in total. The summed E-state index contributed by atoms with van der Waals surface area (Å²) in [5, 5.41) is 0.499. The molecule has 100 valence electrons. The summed E-state index contributed by atoms with van der Waals surface area (Å²) in [7, 11) is 0. The van der Waals surface area contributed by atoms with Gasteiger partial charge in [0.15, 0.2) is 0 Å². The summed E-state index contributed by atoms with van der Waals surface area (Å²) in [6.07, 6.45) is 0. The first kappa shape index (κ1) is 14.4. The van der Waals surface area contributed by atoms with Crippen LogP contribution in [0.25, 0.3) is 0 Å². The number of hydrogen-bond donors (Lipinski definition) is 1. The van der Waals surface area contributed by atoms with Gasteiger partial charge in [0.1, 0.15) is 11.6 Å². The Labute approximate surface area is 123 Å². The highest BCUT2D eigenvalue weighted by molar-refractivity contribution is 9.10. The fraction of sp³-hybridized carbons (Fsp3) is 0.143. The molecule has 0 bridgehead atoms. The van der Waals surface area contributed by atoms with Crippen LogP contribution in [0.2, 0.25) is 5.02 Å². The molecule has 0 saturated heterocycles. The largest absolute Gasteiger partial charge is 0.320 e. The van der Waals surface area contributed by atoms with Gasteiger partial charge in [0.25, 0.3) is 0 Å². The normalized spacial score (nSPS) is 12.5. The summed E-state index contributed by atoms with van der Waals surface area (Å²) >= 11 is 9.24. The molecule has 2 N–H and O–H groups in total. The molecule has 0 aromatic heterocycles. The van der Waals surface area contributed by atoms with Gasteiger partial charge < -0.3 is 5.73 Å². The van der Waals surface area contributed by atoms with Crippen LogP contribution in [0.15, 0.2) is 34.8 Å². The molecule has 5 heteroatoms. The van der Waals surface area contributed by atoms with E-state index in [9.17, 15) is 8.78 Å². The molecule has 0 aliphatic rings. The van der Waals surface area contributed by atoms with Gasteiger partial charge in [-0.2, -0.15) is 0 Å². The second-order valence-corrected chi connectivity index (χ2v) is 5.66. The maximum Gasteiger partial charge on any atom is 0.131 e. The Kier molecular flexibility index (Phi) is 4.23. The molecule has 2 rings (SSSR count). The Morgan fingerprint density at radius 3 is 2.42 bits per heavy atom. The van der Waals surface area contributed by atoms with E-state index in [2.05, 4.69) is 15.9 Å². The average molecular weight is 347 g/mol. The van der Waals surface area contributed by atoms with E-state index in [0.717, 1.165) is 10.5 Å². The molecule has 19 heavy (non-hydrogen) atoms. The van der Waals surface area contributed by atoms with Gasteiger partial charge in [-0.3, -0.25) is 0 Å². The van der Waals surface area contributed by atoms with Gasteiger partial charge in [0.2, 0.25) is 0 Å². The molecule has 1 unspecified atom stereocenters. The van der Waals surface area contributed by atoms with Crippen LogP contribution in [-0.4, -0.2) is 0 Å². The van der Waals surface area contributed by atoms with Gasteiger partial charge in [0, 0.05) is 21.1 Å². The zero-order valence-corrected chi connectivity index (χ0v) is 12.4. The lowest BCUT2D eigenvalue weighted by Gasteiger charge is -2.15. The van der Waals surface area contributed by atoms with Crippen LogP contribution in [0.3, 0.4) is 0 Å². The van der Waals surface area contributed by atoms with E-state index in [1.807, 2.05) is 0 Å². The van der Waals surface area contributed by atoms with Gasteiger partial charge in [0.05, 0.1) is 6.04 Å². The summed E-state index contributed by atoms with van der Waals surface area (Å²) in [6, 6.07) is 6.71. The third kappa shape index (κ3) is 3.14. The number of benzene rings is 2. The Morgan fingerprint density at radius 1 is 1.11 bits per heavy atom. The predicted octanol–water partition coefficient (Wildman–Crippen LogP) is 4.74. The quantitative estimate of drug-likeness (QED) is 0.835. The second kappa shape index (κ2) is 5.57. The van der Waals surface area contributed by atoms with Gasteiger partial charge in [-0.1, -0.05) is 27.5 Å². The molecule has 0 aliphatic carbocycles. The van der Waals surface area contributed by atoms with E-state index < -0.39 is 17.7 Å². The van der Waals surface area contributed by atoms with E-state index in [1.165, 1.54) is 6.07 Å². The van der Waals surface area contributed by atoms with Crippen LogP contribution in [0.5, 0.6) is 0 Å². The number of nitrogens with two attached hydrogens (primary N) is 1. The Balaban J connectivity index is 2.49. The minimum atomic E-state index is -0.700. The third-order valence-corrected chi connectivity index (χ3v) is 3.53.